The van der Waals surface area contributed by atoms with Crippen LogP contribution in [0.1, 0.15) is 77.3 Å². The molecule has 2 aliphatic carbocycles. The Kier molecular flexibility index (Phi) is 10.4. The third-order valence-electron chi connectivity index (χ3n) is 11.5. The van der Waals surface area contributed by atoms with Crippen LogP contribution < -0.4 is 19.1 Å². The third kappa shape index (κ3) is 7.21. The van der Waals surface area contributed by atoms with Gasteiger partial charge in [0.25, 0.3) is 11.8 Å². The van der Waals surface area contributed by atoms with Crippen LogP contribution >= 0.6 is 11.6 Å². The molecule has 2 aliphatic heterocycles. The fourth-order valence-electron chi connectivity index (χ4n) is 8.52. The highest BCUT2D eigenvalue weighted by molar-refractivity contribution is 7.92. The number of aryl methyl sites for hydroxylation is 2. The van der Waals surface area contributed by atoms with Crippen LogP contribution in [-0.4, -0.2) is 71.6 Å². The van der Waals surface area contributed by atoms with Gasteiger partial charge in [-0.1, -0.05) is 43.2 Å². The first-order valence-electron chi connectivity index (χ1n) is 18.2. The summed E-state index contributed by atoms with van der Waals surface area (Å²) in [6.45, 7) is 3.98. The number of anilines is 1. The first kappa shape index (κ1) is 36.5. The van der Waals surface area contributed by atoms with Crippen LogP contribution in [0.3, 0.4) is 0 Å². The smallest absolute Gasteiger partial charge is 0.286 e. The van der Waals surface area contributed by atoms with Gasteiger partial charge in [0.05, 0.1) is 31.3 Å². The number of hydrogen-bond acceptors (Lipinski definition) is 8. The van der Waals surface area contributed by atoms with Gasteiger partial charge in [-0.2, -0.15) is 0 Å². The van der Waals surface area contributed by atoms with E-state index in [1.807, 2.05) is 25.1 Å². The SMILES string of the molecule is CC[C@H]1C/C=C\[C@H](OC)[C@@H]2CC[C@H]2CN2C[C@@]3(CCCc4cc(Cl)ccc43)COc3ccc(cc32)C(=O)N=S(=O)(NC(=O)c2cn(C)nc2OC)C1. The highest BCUT2D eigenvalue weighted by atomic mass is 35.5. The van der Waals surface area contributed by atoms with E-state index in [-0.39, 0.29) is 40.2 Å². The number of aromatic nitrogens is 2. The van der Waals surface area contributed by atoms with Crippen molar-refractivity contribution in [1.29, 1.82) is 0 Å². The van der Waals surface area contributed by atoms with E-state index >= 15 is 0 Å². The molecule has 1 saturated carbocycles. The van der Waals surface area contributed by atoms with Gasteiger partial charge in [0.1, 0.15) is 21.2 Å². The van der Waals surface area contributed by atoms with Gasteiger partial charge < -0.3 is 19.1 Å². The van der Waals surface area contributed by atoms with E-state index in [1.165, 1.54) is 29.1 Å². The first-order valence-corrected chi connectivity index (χ1v) is 20.3. The van der Waals surface area contributed by atoms with E-state index in [9.17, 15) is 13.8 Å². The largest absolute Gasteiger partial charge is 0.490 e. The van der Waals surface area contributed by atoms with Crippen molar-refractivity contribution < 1.29 is 28.0 Å². The van der Waals surface area contributed by atoms with Gasteiger partial charge in [-0.25, -0.2) is 4.21 Å². The summed E-state index contributed by atoms with van der Waals surface area (Å²) in [5.74, 6) is 0.00618. The Labute approximate surface area is 311 Å². The number of ether oxygens (including phenoxy) is 3. The van der Waals surface area contributed by atoms with Crippen LogP contribution in [0.4, 0.5) is 5.69 Å². The van der Waals surface area contributed by atoms with Gasteiger partial charge in [0.2, 0.25) is 5.88 Å². The molecule has 1 N–H and O–H groups in total. The number of methoxy groups -OCH3 is 2. The fraction of sp³-hybridized carbons (Fsp3) is 0.513. The minimum Gasteiger partial charge on any atom is -0.490 e. The second-order valence-corrected chi connectivity index (χ2v) is 17.2. The summed E-state index contributed by atoms with van der Waals surface area (Å²) in [5.41, 5.74) is 3.45. The van der Waals surface area contributed by atoms with Crippen molar-refractivity contribution in [2.24, 2.45) is 29.2 Å². The molecule has 13 heteroatoms. The molecule has 3 aromatic rings. The number of nitrogens with zero attached hydrogens (tertiary/aromatic N) is 4. The molecule has 1 spiro atoms. The number of rotatable bonds is 5. The average molecular weight is 750 g/mol. The summed E-state index contributed by atoms with van der Waals surface area (Å²) < 4.78 is 41.1. The first-order chi connectivity index (χ1) is 25.0. The van der Waals surface area contributed by atoms with Gasteiger partial charge in [-0.05, 0) is 97.7 Å². The number of benzene rings is 2. The van der Waals surface area contributed by atoms with Gasteiger partial charge in [0.15, 0.2) is 0 Å². The minimum absolute atomic E-state index is 0.0102. The molecular weight excluding hydrogens is 702 g/mol. The van der Waals surface area contributed by atoms with Gasteiger partial charge in [0, 0.05) is 49.4 Å². The molecule has 52 heavy (non-hydrogen) atoms. The third-order valence-corrected chi connectivity index (χ3v) is 13.6. The molecule has 2 amide bonds. The zero-order valence-electron chi connectivity index (χ0n) is 30.3. The Morgan fingerprint density at radius 2 is 2.04 bits per heavy atom. The molecule has 2 aromatic carbocycles. The lowest BCUT2D eigenvalue weighted by atomic mass is 9.68. The molecule has 2 bridgehead atoms. The lowest BCUT2D eigenvalue weighted by Crippen LogP contribution is -2.49. The number of halogens is 1. The standard InChI is InChI=1S/C39H48ClN5O6S/c1-5-25-8-6-10-34(49-3)30-14-11-28(30)20-45-23-39(17-7-9-26-18-29(40)13-15-32(26)39)24-51-35-16-12-27(19-33(35)45)36(46)42-52(48,22-25)43-37(47)31-21-44(2)41-38(31)50-4/h6,10,12-13,15-16,18-19,21,25,28,30,34H,5,7-9,11,14,17,20,22-24H2,1-4H3,(H,42,43,46,47,48)/b10-6-/t25-,28-,30+,34-,39-,52?/m0/s1. The Bertz CT molecular complexity index is 2010. The van der Waals surface area contributed by atoms with Crippen LogP contribution in [0.25, 0.3) is 0 Å². The van der Waals surface area contributed by atoms with Gasteiger partial charge >= 0.3 is 0 Å². The van der Waals surface area contributed by atoms with Crippen LogP contribution in [0.5, 0.6) is 11.6 Å². The molecule has 0 saturated heterocycles. The Balaban J connectivity index is 1.31. The maximum atomic E-state index is 14.7. The topological polar surface area (TPSA) is 124 Å². The van der Waals surface area contributed by atoms with E-state index in [0.717, 1.165) is 49.4 Å². The molecule has 4 aliphatic rings. The zero-order valence-corrected chi connectivity index (χ0v) is 31.9. The number of hydrogen-bond donors (Lipinski definition) is 1. The second kappa shape index (κ2) is 14.9. The van der Waals surface area contributed by atoms with Crippen molar-refractivity contribution in [3.63, 3.8) is 0 Å². The summed E-state index contributed by atoms with van der Waals surface area (Å²) in [5, 5.41) is 4.90. The van der Waals surface area contributed by atoms with Crippen LogP contribution in [0.2, 0.25) is 5.02 Å². The maximum absolute atomic E-state index is 14.7. The van der Waals surface area contributed by atoms with Gasteiger partial charge in [-0.15, -0.1) is 9.46 Å². The van der Waals surface area contributed by atoms with Crippen molar-refractivity contribution in [2.75, 3.05) is 44.6 Å². The molecule has 1 aromatic heterocycles. The Morgan fingerprint density at radius 3 is 2.79 bits per heavy atom. The average Bonchev–Trinajstić information content (AvgIpc) is 3.43. The molecule has 3 heterocycles. The van der Waals surface area contributed by atoms with Crippen molar-refractivity contribution in [3.05, 3.63) is 82.0 Å². The maximum Gasteiger partial charge on any atom is 0.286 e. The quantitative estimate of drug-likeness (QED) is 0.292. The fourth-order valence-corrected chi connectivity index (χ4v) is 10.7. The molecule has 0 radical (unpaired) electrons. The highest BCUT2D eigenvalue weighted by Gasteiger charge is 2.44. The summed E-state index contributed by atoms with van der Waals surface area (Å²) in [7, 11) is 1.23. The molecule has 1 fully saturated rings. The van der Waals surface area contributed by atoms with Crippen molar-refractivity contribution >= 4 is 39.0 Å². The van der Waals surface area contributed by atoms with E-state index in [4.69, 9.17) is 25.8 Å². The molecule has 278 valence electrons. The molecular formula is C39H48ClN5O6S. The van der Waals surface area contributed by atoms with Crippen molar-refractivity contribution in [2.45, 2.75) is 63.4 Å². The number of fused-ring (bicyclic) bond motifs is 4. The van der Waals surface area contributed by atoms with E-state index in [2.05, 4.69) is 43.4 Å². The predicted molar refractivity (Wildman–Crippen MR) is 202 cm³/mol. The Hall–Kier alpha value is -3.87. The van der Waals surface area contributed by atoms with E-state index < -0.39 is 21.7 Å². The lowest BCUT2D eigenvalue weighted by molar-refractivity contribution is 0.0131. The van der Waals surface area contributed by atoms with Crippen molar-refractivity contribution in [3.8, 4) is 11.6 Å². The molecule has 6 atom stereocenters. The number of amides is 2. The predicted octanol–water partition coefficient (Wildman–Crippen LogP) is 6.54. The Morgan fingerprint density at radius 1 is 1.19 bits per heavy atom. The minimum atomic E-state index is -3.61. The van der Waals surface area contributed by atoms with Gasteiger partial charge in [-0.3, -0.25) is 19.0 Å². The summed E-state index contributed by atoms with van der Waals surface area (Å²) in [4.78, 5) is 30.1. The highest BCUT2D eigenvalue weighted by Crippen LogP contribution is 2.47. The normalized spacial score (nSPS) is 29.4. The number of carbonyl (C=O) groups is 2. The van der Waals surface area contributed by atoms with E-state index in [0.29, 0.717) is 43.6 Å². The zero-order chi connectivity index (χ0) is 36.6. The monoisotopic (exact) mass is 749 g/mol. The van der Waals surface area contributed by atoms with Crippen LogP contribution in [0.15, 0.2) is 59.1 Å². The van der Waals surface area contributed by atoms with Crippen LogP contribution in [0, 0.1) is 17.8 Å². The summed E-state index contributed by atoms with van der Waals surface area (Å²) in [6, 6.07) is 11.5. The molecule has 11 nitrogen and oxygen atoms in total. The summed E-state index contributed by atoms with van der Waals surface area (Å²) >= 11 is 6.46. The van der Waals surface area contributed by atoms with Crippen LogP contribution in [-0.2, 0) is 33.5 Å². The number of carbonyl (C=O) groups excluding carboxylic acids is 2. The number of allylic oxidation sites excluding steroid dienone is 1. The number of nitrogens with one attached hydrogen (secondary N) is 1. The molecule has 1 unspecified atom stereocenters. The summed E-state index contributed by atoms with van der Waals surface area (Å²) in [6.07, 6.45) is 12.0. The van der Waals surface area contributed by atoms with Crippen molar-refractivity contribution in [1.82, 2.24) is 14.5 Å². The lowest BCUT2D eigenvalue weighted by Gasteiger charge is -2.46. The van der Waals surface area contributed by atoms with E-state index in [1.54, 1.807) is 20.2 Å². The second-order valence-electron chi connectivity index (χ2n) is 14.8. The molecule has 7 rings (SSSR count).